The van der Waals surface area contributed by atoms with Gasteiger partial charge in [-0.15, -0.1) is 0 Å². The second-order valence-electron chi connectivity index (χ2n) is 15.1. The van der Waals surface area contributed by atoms with Crippen LogP contribution in [0.25, 0.3) is 0 Å². The summed E-state index contributed by atoms with van der Waals surface area (Å²) in [7, 11) is -4.61. The van der Waals surface area contributed by atoms with Crippen molar-refractivity contribution in [2.24, 2.45) is 0 Å². The van der Waals surface area contributed by atoms with Crippen LogP contribution in [-0.4, -0.2) is 65.7 Å². The molecule has 0 amide bonds. The summed E-state index contributed by atoms with van der Waals surface area (Å²) in [5, 5.41) is 18.3. The van der Waals surface area contributed by atoms with Crippen molar-refractivity contribution in [1.82, 2.24) is 0 Å². The molecule has 0 heterocycles. The highest BCUT2D eigenvalue weighted by molar-refractivity contribution is 7.47. The monoisotopic (exact) mass is 791 g/mol. The van der Waals surface area contributed by atoms with E-state index in [1.807, 2.05) is 0 Å². The fourth-order valence-corrected chi connectivity index (χ4v) is 7.01. The van der Waals surface area contributed by atoms with Crippen molar-refractivity contribution in [3.05, 3.63) is 12.2 Å². The zero-order chi connectivity index (χ0) is 39.8. The molecule has 0 aliphatic rings. The highest BCUT2D eigenvalue weighted by Gasteiger charge is 2.27. The number of phosphoric acid groups is 1. The standard InChI is InChI=1S/C43H83O10P/c1-3-5-7-9-11-13-15-17-18-19-20-21-22-23-25-26-28-30-32-34-42(46)50-38-41(39-52-54(48,49)51-37-40(45)36-44)53-43(47)35-33-31-29-27-24-16-14-12-10-8-6-4-2/h19-20,40-41,44-45H,3-18,21-39H2,1-2H3,(H,48,49)/b20-19-/t40-,41+/m0/s1. The molecule has 0 aliphatic carbocycles. The summed E-state index contributed by atoms with van der Waals surface area (Å²) in [6.07, 6.45) is 37.5. The molecular weight excluding hydrogens is 707 g/mol. The van der Waals surface area contributed by atoms with E-state index in [0.29, 0.717) is 12.8 Å². The Labute approximate surface area is 330 Å². The van der Waals surface area contributed by atoms with Gasteiger partial charge in [-0.2, -0.15) is 0 Å². The lowest BCUT2D eigenvalue weighted by atomic mass is 10.0. The Balaban J connectivity index is 4.22. The molecule has 54 heavy (non-hydrogen) atoms. The Bertz CT molecular complexity index is 915. The first-order valence-corrected chi connectivity index (χ1v) is 23.6. The summed E-state index contributed by atoms with van der Waals surface area (Å²) < 4.78 is 32.7. The summed E-state index contributed by atoms with van der Waals surface area (Å²) in [5.74, 6) is -0.920. The highest BCUT2D eigenvalue weighted by Crippen LogP contribution is 2.43. The first kappa shape index (κ1) is 52.7. The van der Waals surface area contributed by atoms with Gasteiger partial charge in [0, 0.05) is 12.8 Å². The largest absolute Gasteiger partial charge is 0.472 e. The van der Waals surface area contributed by atoms with Gasteiger partial charge in [0.15, 0.2) is 6.10 Å². The number of phosphoric ester groups is 1. The van der Waals surface area contributed by atoms with Crippen LogP contribution in [0.1, 0.15) is 213 Å². The van der Waals surface area contributed by atoms with Crippen LogP contribution in [0.3, 0.4) is 0 Å². The van der Waals surface area contributed by atoms with Crippen molar-refractivity contribution in [1.29, 1.82) is 0 Å². The first-order valence-electron chi connectivity index (χ1n) is 22.1. The van der Waals surface area contributed by atoms with Crippen LogP contribution in [0.5, 0.6) is 0 Å². The Kier molecular flexibility index (Phi) is 39.0. The summed E-state index contributed by atoms with van der Waals surface area (Å²) in [5.41, 5.74) is 0. The maximum atomic E-state index is 12.6. The highest BCUT2D eigenvalue weighted by atomic mass is 31.2. The topological polar surface area (TPSA) is 149 Å². The molecule has 0 saturated heterocycles. The molecule has 1 unspecified atom stereocenters. The summed E-state index contributed by atoms with van der Waals surface area (Å²) in [6, 6.07) is 0. The average Bonchev–Trinajstić information content (AvgIpc) is 3.16. The molecule has 10 nitrogen and oxygen atoms in total. The molecule has 0 aliphatic heterocycles. The molecule has 3 N–H and O–H groups in total. The van der Waals surface area contributed by atoms with E-state index in [-0.39, 0.29) is 19.4 Å². The third kappa shape index (κ3) is 39.0. The summed E-state index contributed by atoms with van der Waals surface area (Å²) >= 11 is 0. The number of esters is 2. The molecule has 0 rings (SSSR count). The van der Waals surface area contributed by atoms with Gasteiger partial charge in [-0.1, -0.05) is 174 Å². The van der Waals surface area contributed by atoms with Crippen LogP contribution in [0.4, 0.5) is 0 Å². The van der Waals surface area contributed by atoms with E-state index >= 15 is 0 Å². The number of carbonyl (C=O) groups is 2. The van der Waals surface area contributed by atoms with Gasteiger partial charge in [0.2, 0.25) is 0 Å². The van der Waals surface area contributed by atoms with Gasteiger partial charge in [0.25, 0.3) is 0 Å². The smallest absolute Gasteiger partial charge is 0.462 e. The molecule has 0 bridgehead atoms. The molecule has 0 radical (unpaired) electrons. The van der Waals surface area contributed by atoms with Gasteiger partial charge < -0.3 is 24.6 Å². The number of aliphatic hydroxyl groups excluding tert-OH is 2. The second kappa shape index (κ2) is 39.9. The molecule has 0 aromatic rings. The number of carbonyl (C=O) groups excluding carboxylic acids is 2. The van der Waals surface area contributed by atoms with Gasteiger partial charge in [-0.25, -0.2) is 4.57 Å². The molecule has 0 aromatic heterocycles. The van der Waals surface area contributed by atoms with Crippen LogP contribution < -0.4 is 0 Å². The predicted molar refractivity (Wildman–Crippen MR) is 219 cm³/mol. The number of ether oxygens (including phenoxy) is 2. The molecule has 320 valence electrons. The maximum Gasteiger partial charge on any atom is 0.472 e. The lowest BCUT2D eigenvalue weighted by molar-refractivity contribution is -0.161. The van der Waals surface area contributed by atoms with E-state index in [2.05, 4.69) is 30.5 Å². The average molecular weight is 791 g/mol. The van der Waals surface area contributed by atoms with Crippen molar-refractivity contribution < 1.29 is 47.8 Å². The fourth-order valence-electron chi connectivity index (χ4n) is 6.22. The molecule has 3 atom stereocenters. The van der Waals surface area contributed by atoms with Crippen LogP contribution >= 0.6 is 7.82 Å². The molecular formula is C43H83O10P. The van der Waals surface area contributed by atoms with Crippen molar-refractivity contribution >= 4 is 19.8 Å². The van der Waals surface area contributed by atoms with Crippen LogP contribution in [0, 0.1) is 0 Å². The van der Waals surface area contributed by atoms with Crippen LogP contribution in [-0.2, 0) is 32.7 Å². The Morgan fingerprint density at radius 3 is 1.33 bits per heavy atom. The molecule has 11 heteroatoms. The van der Waals surface area contributed by atoms with E-state index in [1.165, 1.54) is 128 Å². The zero-order valence-corrected chi connectivity index (χ0v) is 35.6. The lowest BCUT2D eigenvalue weighted by Gasteiger charge is -2.20. The molecule has 0 saturated carbocycles. The predicted octanol–water partition coefficient (Wildman–Crippen LogP) is 11.6. The quantitative estimate of drug-likeness (QED) is 0.0236. The number of aliphatic hydroxyl groups is 2. The summed E-state index contributed by atoms with van der Waals surface area (Å²) in [6.45, 7) is 2.39. The minimum absolute atomic E-state index is 0.188. The van der Waals surface area contributed by atoms with Gasteiger partial charge >= 0.3 is 19.8 Å². The van der Waals surface area contributed by atoms with Gasteiger partial charge in [-0.05, 0) is 38.5 Å². The van der Waals surface area contributed by atoms with Crippen LogP contribution in [0.15, 0.2) is 12.2 Å². The zero-order valence-electron chi connectivity index (χ0n) is 34.7. The van der Waals surface area contributed by atoms with E-state index < -0.39 is 51.8 Å². The third-order valence-electron chi connectivity index (χ3n) is 9.67. The minimum Gasteiger partial charge on any atom is -0.462 e. The van der Waals surface area contributed by atoms with E-state index in [0.717, 1.165) is 44.9 Å². The Morgan fingerprint density at radius 1 is 0.537 bits per heavy atom. The van der Waals surface area contributed by atoms with Crippen molar-refractivity contribution in [3.8, 4) is 0 Å². The number of unbranched alkanes of at least 4 members (excludes halogenated alkanes) is 26. The Morgan fingerprint density at radius 2 is 0.907 bits per heavy atom. The van der Waals surface area contributed by atoms with Gasteiger partial charge in [-0.3, -0.25) is 18.6 Å². The fraction of sp³-hybridized carbons (Fsp3) is 0.907. The van der Waals surface area contributed by atoms with Crippen molar-refractivity contribution in [3.63, 3.8) is 0 Å². The van der Waals surface area contributed by atoms with Crippen molar-refractivity contribution in [2.45, 2.75) is 225 Å². The number of hydrogen-bond donors (Lipinski definition) is 3. The van der Waals surface area contributed by atoms with E-state index in [9.17, 15) is 24.2 Å². The molecule has 0 spiro atoms. The normalized spacial score (nSPS) is 13.9. The minimum atomic E-state index is -4.61. The third-order valence-corrected chi connectivity index (χ3v) is 10.6. The molecule has 0 fully saturated rings. The van der Waals surface area contributed by atoms with E-state index in [4.69, 9.17) is 19.1 Å². The first-order chi connectivity index (χ1) is 26.2. The number of allylic oxidation sites excluding steroid dienone is 2. The second-order valence-corrected chi connectivity index (χ2v) is 16.5. The Hall–Kier alpha value is -1.29. The summed E-state index contributed by atoms with van der Waals surface area (Å²) in [4.78, 5) is 34.9. The SMILES string of the molecule is CCCCCCCCCC/C=C\CCCCCCCCCC(=O)OC[C@H](COP(=O)(O)OC[C@@H](O)CO)OC(=O)CCCCCCCCCCCCCC. The number of rotatable bonds is 42. The molecule has 0 aromatic carbocycles. The lowest BCUT2D eigenvalue weighted by Crippen LogP contribution is -2.29. The van der Waals surface area contributed by atoms with Crippen molar-refractivity contribution in [2.75, 3.05) is 26.4 Å². The number of hydrogen-bond acceptors (Lipinski definition) is 9. The van der Waals surface area contributed by atoms with E-state index in [1.54, 1.807) is 0 Å². The van der Waals surface area contributed by atoms with Gasteiger partial charge in [0.05, 0.1) is 19.8 Å². The van der Waals surface area contributed by atoms with Gasteiger partial charge in [0.1, 0.15) is 12.7 Å². The van der Waals surface area contributed by atoms with Crippen LogP contribution in [0.2, 0.25) is 0 Å². The maximum absolute atomic E-state index is 12.6.